The van der Waals surface area contributed by atoms with E-state index in [-0.39, 0.29) is 29.2 Å². The van der Waals surface area contributed by atoms with Crippen LogP contribution in [0.25, 0.3) is 0 Å². The lowest BCUT2D eigenvalue weighted by atomic mass is 10.1. The van der Waals surface area contributed by atoms with Crippen LogP contribution in [0.15, 0.2) is 40.0 Å². The fraction of sp³-hybridized carbons (Fsp3) is 0.500. The molecule has 0 spiro atoms. The van der Waals surface area contributed by atoms with Gasteiger partial charge >= 0.3 is 0 Å². The van der Waals surface area contributed by atoms with Crippen LogP contribution in [0.2, 0.25) is 0 Å². The van der Waals surface area contributed by atoms with Crippen LogP contribution in [-0.4, -0.2) is 52.7 Å². The van der Waals surface area contributed by atoms with Crippen molar-refractivity contribution in [2.75, 3.05) is 17.3 Å². The zero-order valence-electron chi connectivity index (χ0n) is 14.8. The molecule has 0 bridgehead atoms. The summed E-state index contributed by atoms with van der Waals surface area (Å²) in [6.07, 6.45) is 2.64. The highest BCUT2D eigenvalue weighted by Crippen LogP contribution is 2.39. The fourth-order valence-electron chi connectivity index (χ4n) is 3.20. The molecule has 1 aromatic carbocycles. The first-order valence-electron chi connectivity index (χ1n) is 9.00. The molecule has 2 aliphatic rings. The van der Waals surface area contributed by atoms with Crippen molar-refractivity contribution in [1.29, 1.82) is 0 Å². The molecule has 0 N–H and O–H groups in total. The van der Waals surface area contributed by atoms with Crippen molar-refractivity contribution in [3.8, 4) is 0 Å². The van der Waals surface area contributed by atoms with E-state index < -0.39 is 9.84 Å². The number of carbonyl (C=O) groups excluding carboxylic acids is 1. The van der Waals surface area contributed by atoms with Gasteiger partial charge in [-0.2, -0.15) is 0 Å². The predicted molar refractivity (Wildman–Crippen MR) is 101 cm³/mol. The first kappa shape index (κ1) is 18.5. The second-order valence-electron chi connectivity index (χ2n) is 7.03. The maximum atomic E-state index is 12.9. The predicted octanol–water partition coefficient (Wildman–Crippen LogP) is 2.26. The topological polar surface area (TPSA) is 93.4 Å². The Hall–Kier alpha value is -1.87. The molecule has 2 aromatic rings. The number of amides is 1. The number of benzene rings is 1. The van der Waals surface area contributed by atoms with Crippen molar-refractivity contribution in [2.45, 2.75) is 43.0 Å². The summed E-state index contributed by atoms with van der Waals surface area (Å²) >= 11 is 1.21. The number of hydrogen-bond donors (Lipinski definition) is 0. The Morgan fingerprint density at radius 3 is 2.63 bits per heavy atom. The lowest BCUT2D eigenvalue weighted by Crippen LogP contribution is -2.41. The molecule has 2 heterocycles. The van der Waals surface area contributed by atoms with E-state index in [0.717, 1.165) is 18.4 Å². The summed E-state index contributed by atoms with van der Waals surface area (Å²) in [5.74, 6) is 1.22. The van der Waals surface area contributed by atoms with Crippen LogP contribution >= 0.6 is 11.8 Å². The van der Waals surface area contributed by atoms with E-state index in [4.69, 9.17) is 4.42 Å². The van der Waals surface area contributed by atoms with Gasteiger partial charge in [0.05, 0.1) is 17.3 Å². The molecule has 9 heteroatoms. The normalized spacial score (nSPS) is 21.3. The van der Waals surface area contributed by atoms with Crippen molar-refractivity contribution in [3.05, 3.63) is 41.8 Å². The van der Waals surface area contributed by atoms with E-state index in [9.17, 15) is 13.2 Å². The molecule has 4 rings (SSSR count). The minimum absolute atomic E-state index is 0.0304. The molecule has 1 aromatic heterocycles. The Morgan fingerprint density at radius 2 is 1.96 bits per heavy atom. The van der Waals surface area contributed by atoms with Gasteiger partial charge in [-0.15, -0.1) is 10.2 Å². The fourth-order valence-corrected chi connectivity index (χ4v) is 5.59. The van der Waals surface area contributed by atoms with Crippen LogP contribution in [0.1, 0.15) is 36.6 Å². The Bertz CT molecular complexity index is 910. The van der Waals surface area contributed by atoms with Crippen molar-refractivity contribution in [1.82, 2.24) is 15.1 Å². The monoisotopic (exact) mass is 407 g/mol. The highest BCUT2D eigenvalue weighted by molar-refractivity contribution is 7.99. The van der Waals surface area contributed by atoms with Crippen molar-refractivity contribution in [2.24, 2.45) is 0 Å². The molecule has 144 valence electrons. The van der Waals surface area contributed by atoms with Crippen LogP contribution < -0.4 is 0 Å². The third-order valence-corrected chi connectivity index (χ3v) is 7.39. The number of rotatable bonds is 7. The highest BCUT2D eigenvalue weighted by Gasteiger charge is 2.35. The Balaban J connectivity index is 1.43. The van der Waals surface area contributed by atoms with E-state index in [0.29, 0.717) is 30.0 Å². The molecule has 1 saturated carbocycles. The van der Waals surface area contributed by atoms with Crippen LogP contribution in [0.5, 0.6) is 0 Å². The Kier molecular flexibility index (Phi) is 5.23. The summed E-state index contributed by atoms with van der Waals surface area (Å²) in [4.78, 5) is 14.6. The largest absolute Gasteiger partial charge is 0.416 e. The molecular weight excluding hydrogens is 386 g/mol. The lowest BCUT2D eigenvalue weighted by Gasteiger charge is -2.28. The number of carbonyl (C=O) groups is 1. The number of aromatic nitrogens is 2. The van der Waals surface area contributed by atoms with E-state index >= 15 is 0 Å². The van der Waals surface area contributed by atoms with Crippen LogP contribution in [0.4, 0.5) is 0 Å². The van der Waals surface area contributed by atoms with E-state index in [1.807, 2.05) is 30.3 Å². The maximum absolute atomic E-state index is 12.9. The molecule has 1 atom stereocenters. The number of hydrogen-bond acceptors (Lipinski definition) is 7. The smallest absolute Gasteiger partial charge is 0.277 e. The second kappa shape index (κ2) is 7.63. The molecule has 1 amide bonds. The van der Waals surface area contributed by atoms with Gasteiger partial charge in [0.15, 0.2) is 9.84 Å². The number of nitrogens with zero attached hydrogens (tertiary/aromatic N) is 3. The summed E-state index contributed by atoms with van der Waals surface area (Å²) in [6, 6.07) is 9.34. The third-order valence-electron chi connectivity index (χ3n) is 4.83. The van der Waals surface area contributed by atoms with Crippen molar-refractivity contribution < 1.29 is 17.6 Å². The molecule has 1 unspecified atom stereocenters. The number of thioether (sulfide) groups is 1. The van der Waals surface area contributed by atoms with Crippen molar-refractivity contribution in [3.63, 3.8) is 0 Å². The molecule has 1 aliphatic heterocycles. The van der Waals surface area contributed by atoms with Gasteiger partial charge < -0.3 is 9.32 Å². The quantitative estimate of drug-likeness (QED) is 0.650. The summed E-state index contributed by atoms with van der Waals surface area (Å²) in [7, 11) is -3.07. The third kappa shape index (κ3) is 4.70. The van der Waals surface area contributed by atoms with E-state index in [2.05, 4.69) is 10.2 Å². The van der Waals surface area contributed by atoms with E-state index in [1.165, 1.54) is 11.8 Å². The van der Waals surface area contributed by atoms with Gasteiger partial charge in [0.1, 0.15) is 0 Å². The Labute approximate surface area is 162 Å². The standard InChI is InChI=1S/C18H21N3O4S2/c22-16(11-26-18-20-19-17(25-18)14-6-7-14)21(10-13-4-2-1-3-5-13)15-8-9-27(23,24)12-15/h1-5,14-15H,6-12H2. The summed E-state index contributed by atoms with van der Waals surface area (Å²) in [6.45, 7) is 0.400. The van der Waals surface area contributed by atoms with Gasteiger partial charge in [0, 0.05) is 18.5 Å². The molecule has 2 fully saturated rings. The minimum Gasteiger partial charge on any atom is -0.416 e. The van der Waals surface area contributed by atoms with Gasteiger partial charge in [-0.05, 0) is 24.8 Å². The average molecular weight is 408 g/mol. The van der Waals surface area contributed by atoms with Crippen LogP contribution in [-0.2, 0) is 21.2 Å². The minimum atomic E-state index is -3.07. The molecule has 27 heavy (non-hydrogen) atoms. The van der Waals surface area contributed by atoms with Gasteiger partial charge in [-0.25, -0.2) is 8.42 Å². The average Bonchev–Trinajstić information content (AvgIpc) is 3.29. The molecule has 1 aliphatic carbocycles. The van der Waals surface area contributed by atoms with Gasteiger partial charge in [-0.3, -0.25) is 4.79 Å². The molecule has 1 saturated heterocycles. The van der Waals surface area contributed by atoms with Crippen LogP contribution in [0.3, 0.4) is 0 Å². The van der Waals surface area contributed by atoms with Gasteiger partial charge in [-0.1, -0.05) is 42.1 Å². The zero-order valence-corrected chi connectivity index (χ0v) is 16.4. The molecule has 7 nitrogen and oxygen atoms in total. The highest BCUT2D eigenvalue weighted by atomic mass is 32.2. The first-order valence-corrected chi connectivity index (χ1v) is 11.8. The van der Waals surface area contributed by atoms with E-state index in [1.54, 1.807) is 4.90 Å². The summed E-state index contributed by atoms with van der Waals surface area (Å²) < 4.78 is 29.4. The van der Waals surface area contributed by atoms with Gasteiger partial charge in [0.2, 0.25) is 11.8 Å². The van der Waals surface area contributed by atoms with Crippen molar-refractivity contribution >= 4 is 27.5 Å². The summed E-state index contributed by atoms with van der Waals surface area (Å²) in [5.41, 5.74) is 0.981. The first-order chi connectivity index (χ1) is 13.0. The maximum Gasteiger partial charge on any atom is 0.277 e. The number of sulfone groups is 1. The SMILES string of the molecule is O=C(CSc1nnc(C2CC2)o1)N(Cc1ccccc1)C1CCS(=O)(=O)C1. The lowest BCUT2D eigenvalue weighted by molar-refractivity contribution is -0.130. The summed E-state index contributed by atoms with van der Waals surface area (Å²) in [5, 5.41) is 8.41. The molecule has 0 radical (unpaired) electrons. The Morgan fingerprint density at radius 1 is 1.19 bits per heavy atom. The van der Waals surface area contributed by atoms with Crippen LogP contribution in [0, 0.1) is 0 Å². The molecular formula is C18H21N3O4S2. The zero-order chi connectivity index (χ0) is 18.9. The second-order valence-corrected chi connectivity index (χ2v) is 10.2. The van der Waals surface area contributed by atoms with Gasteiger partial charge in [0.25, 0.3) is 5.22 Å².